The second-order valence-electron chi connectivity index (χ2n) is 3.63. The Morgan fingerprint density at radius 1 is 1.47 bits per heavy atom. The maximum atomic E-state index is 5.61. The van der Waals surface area contributed by atoms with Gasteiger partial charge in [0.25, 0.3) is 0 Å². The van der Waals surface area contributed by atoms with Crippen LogP contribution in [0.1, 0.15) is 37.8 Å². The van der Waals surface area contributed by atoms with E-state index in [1.807, 2.05) is 0 Å². The molecule has 5 heteroatoms. The summed E-state index contributed by atoms with van der Waals surface area (Å²) in [6.45, 7) is 6.15. The molecule has 5 nitrogen and oxygen atoms in total. The Labute approximate surface area is 90.6 Å². The van der Waals surface area contributed by atoms with Crippen LogP contribution in [-0.4, -0.2) is 28.5 Å². The van der Waals surface area contributed by atoms with Gasteiger partial charge in [0.1, 0.15) is 11.6 Å². The molecular weight excluding hydrogens is 192 g/mol. The third-order valence-corrected chi connectivity index (χ3v) is 2.61. The Morgan fingerprint density at radius 2 is 2.20 bits per heavy atom. The Balaban J connectivity index is 2.89. The molecule has 0 aliphatic rings. The van der Waals surface area contributed by atoms with E-state index in [9.17, 15) is 0 Å². The number of hydrogen-bond acceptors (Lipinski definition) is 4. The third-order valence-electron chi connectivity index (χ3n) is 2.61. The summed E-state index contributed by atoms with van der Waals surface area (Å²) < 4.78 is 7.13. The van der Waals surface area contributed by atoms with Gasteiger partial charge in [0, 0.05) is 19.6 Å². The van der Waals surface area contributed by atoms with Crippen LogP contribution in [0, 0.1) is 0 Å². The molecule has 0 spiro atoms. The van der Waals surface area contributed by atoms with Crippen molar-refractivity contribution < 1.29 is 4.74 Å². The number of methoxy groups -OCH3 is 1. The maximum absolute atomic E-state index is 5.61. The summed E-state index contributed by atoms with van der Waals surface area (Å²) in [5.74, 6) is 2.26. The van der Waals surface area contributed by atoms with Gasteiger partial charge in [-0.05, 0) is 6.42 Å². The normalized spacial score (nSPS) is 13.1. The first-order chi connectivity index (χ1) is 7.24. The molecule has 0 aliphatic carbocycles. The molecule has 0 saturated heterocycles. The van der Waals surface area contributed by atoms with E-state index in [4.69, 9.17) is 10.5 Å². The molecule has 15 heavy (non-hydrogen) atoms. The molecule has 0 radical (unpaired) electrons. The SMILES string of the molecule is CCC(C)c1nnc(CN)n1CCOC. The molecule has 1 rings (SSSR count). The van der Waals surface area contributed by atoms with E-state index in [1.165, 1.54) is 0 Å². The number of ether oxygens (including phenoxy) is 1. The van der Waals surface area contributed by atoms with E-state index in [2.05, 4.69) is 28.6 Å². The zero-order chi connectivity index (χ0) is 11.3. The fraction of sp³-hybridized carbons (Fsp3) is 0.800. The molecule has 2 N–H and O–H groups in total. The standard InChI is InChI=1S/C10H20N4O/c1-4-8(2)10-13-12-9(7-11)14(10)5-6-15-3/h8H,4-7,11H2,1-3H3. The van der Waals surface area contributed by atoms with Crippen molar-refractivity contribution in [1.29, 1.82) is 0 Å². The fourth-order valence-corrected chi connectivity index (χ4v) is 1.47. The second-order valence-corrected chi connectivity index (χ2v) is 3.63. The Morgan fingerprint density at radius 3 is 2.73 bits per heavy atom. The average molecular weight is 212 g/mol. The Bertz CT molecular complexity index is 298. The molecule has 1 aromatic rings. The molecule has 0 aromatic carbocycles. The molecule has 0 aliphatic heterocycles. The summed E-state index contributed by atoms with van der Waals surface area (Å²) in [4.78, 5) is 0. The minimum atomic E-state index is 0.412. The highest BCUT2D eigenvalue weighted by Crippen LogP contribution is 2.17. The maximum Gasteiger partial charge on any atom is 0.146 e. The van der Waals surface area contributed by atoms with Crippen molar-refractivity contribution in [3.8, 4) is 0 Å². The zero-order valence-corrected chi connectivity index (χ0v) is 9.73. The van der Waals surface area contributed by atoms with E-state index in [1.54, 1.807) is 7.11 Å². The van der Waals surface area contributed by atoms with Gasteiger partial charge in [-0.25, -0.2) is 0 Å². The molecule has 1 unspecified atom stereocenters. The van der Waals surface area contributed by atoms with Crippen LogP contribution in [-0.2, 0) is 17.8 Å². The minimum absolute atomic E-state index is 0.412. The van der Waals surface area contributed by atoms with Gasteiger partial charge in [0.2, 0.25) is 0 Å². The highest BCUT2D eigenvalue weighted by atomic mass is 16.5. The van der Waals surface area contributed by atoms with Gasteiger partial charge in [0.15, 0.2) is 0 Å². The van der Waals surface area contributed by atoms with Crippen LogP contribution >= 0.6 is 0 Å². The monoisotopic (exact) mass is 212 g/mol. The first-order valence-corrected chi connectivity index (χ1v) is 5.35. The van der Waals surface area contributed by atoms with Gasteiger partial charge < -0.3 is 15.0 Å². The molecule has 1 heterocycles. The fourth-order valence-electron chi connectivity index (χ4n) is 1.47. The molecule has 0 bridgehead atoms. The van der Waals surface area contributed by atoms with Crippen molar-refractivity contribution in [3.63, 3.8) is 0 Å². The number of nitrogens with zero attached hydrogens (tertiary/aromatic N) is 3. The van der Waals surface area contributed by atoms with Crippen LogP contribution in [0.3, 0.4) is 0 Å². The summed E-state index contributed by atoms with van der Waals surface area (Å²) in [6.07, 6.45) is 1.05. The number of rotatable bonds is 6. The molecule has 1 atom stereocenters. The van der Waals surface area contributed by atoms with Crippen molar-refractivity contribution in [2.24, 2.45) is 5.73 Å². The van der Waals surface area contributed by atoms with Crippen molar-refractivity contribution in [3.05, 3.63) is 11.6 Å². The minimum Gasteiger partial charge on any atom is -0.383 e. The topological polar surface area (TPSA) is 66.0 Å². The largest absolute Gasteiger partial charge is 0.383 e. The lowest BCUT2D eigenvalue weighted by Crippen LogP contribution is -2.15. The van der Waals surface area contributed by atoms with E-state index in [-0.39, 0.29) is 0 Å². The number of hydrogen-bond donors (Lipinski definition) is 1. The van der Waals surface area contributed by atoms with Gasteiger partial charge in [-0.1, -0.05) is 13.8 Å². The molecule has 0 amide bonds. The van der Waals surface area contributed by atoms with Gasteiger partial charge in [0.05, 0.1) is 13.2 Å². The molecule has 0 fully saturated rings. The van der Waals surface area contributed by atoms with Crippen molar-refractivity contribution in [1.82, 2.24) is 14.8 Å². The van der Waals surface area contributed by atoms with Crippen LogP contribution in [0.15, 0.2) is 0 Å². The molecule has 0 saturated carbocycles. The second kappa shape index (κ2) is 5.82. The van der Waals surface area contributed by atoms with Crippen molar-refractivity contribution in [2.75, 3.05) is 13.7 Å². The highest BCUT2D eigenvalue weighted by molar-refractivity contribution is 5.00. The summed E-state index contributed by atoms with van der Waals surface area (Å²) in [5, 5.41) is 8.28. The zero-order valence-electron chi connectivity index (χ0n) is 9.73. The lowest BCUT2D eigenvalue weighted by molar-refractivity contribution is 0.185. The van der Waals surface area contributed by atoms with Crippen molar-refractivity contribution >= 4 is 0 Å². The summed E-state index contributed by atoms with van der Waals surface area (Å²) >= 11 is 0. The molecule has 86 valence electrons. The summed E-state index contributed by atoms with van der Waals surface area (Å²) in [7, 11) is 1.69. The molecule has 1 aromatic heterocycles. The van der Waals surface area contributed by atoms with Crippen LogP contribution < -0.4 is 5.73 Å². The van der Waals surface area contributed by atoms with E-state index >= 15 is 0 Å². The first-order valence-electron chi connectivity index (χ1n) is 5.35. The van der Waals surface area contributed by atoms with Gasteiger partial charge in [-0.2, -0.15) is 0 Å². The van der Waals surface area contributed by atoms with Crippen LogP contribution in [0.4, 0.5) is 0 Å². The van der Waals surface area contributed by atoms with Gasteiger partial charge in [-0.15, -0.1) is 10.2 Å². The van der Waals surface area contributed by atoms with Crippen LogP contribution in [0.2, 0.25) is 0 Å². The van der Waals surface area contributed by atoms with E-state index in [0.717, 1.165) is 24.6 Å². The highest BCUT2D eigenvalue weighted by Gasteiger charge is 2.15. The van der Waals surface area contributed by atoms with E-state index in [0.29, 0.717) is 19.1 Å². The van der Waals surface area contributed by atoms with Crippen LogP contribution in [0.25, 0.3) is 0 Å². The van der Waals surface area contributed by atoms with Crippen LogP contribution in [0.5, 0.6) is 0 Å². The predicted octanol–water partition coefficient (Wildman–Crippen LogP) is 0.897. The Hall–Kier alpha value is -0.940. The number of nitrogens with two attached hydrogens (primary N) is 1. The third kappa shape index (κ3) is 2.76. The molecular formula is C10H20N4O. The Kier molecular flexibility index (Phi) is 4.71. The first kappa shape index (κ1) is 12.1. The average Bonchev–Trinajstić information content (AvgIpc) is 2.67. The lowest BCUT2D eigenvalue weighted by atomic mass is 10.1. The number of aromatic nitrogens is 3. The summed E-state index contributed by atoms with van der Waals surface area (Å²) in [5.41, 5.74) is 5.61. The van der Waals surface area contributed by atoms with E-state index < -0.39 is 0 Å². The van der Waals surface area contributed by atoms with Gasteiger partial charge in [-0.3, -0.25) is 0 Å². The predicted molar refractivity (Wildman–Crippen MR) is 58.5 cm³/mol. The lowest BCUT2D eigenvalue weighted by Gasteiger charge is -2.12. The summed E-state index contributed by atoms with van der Waals surface area (Å²) in [6, 6.07) is 0. The van der Waals surface area contributed by atoms with Gasteiger partial charge >= 0.3 is 0 Å². The smallest absolute Gasteiger partial charge is 0.146 e. The van der Waals surface area contributed by atoms with Crippen molar-refractivity contribution in [2.45, 2.75) is 39.3 Å². The quantitative estimate of drug-likeness (QED) is 0.760.